The van der Waals surface area contributed by atoms with E-state index in [0.29, 0.717) is 17.4 Å². The maximum atomic E-state index is 11.0. The molecule has 1 unspecified atom stereocenters. The molecule has 1 aliphatic carbocycles. The van der Waals surface area contributed by atoms with Crippen LogP contribution >= 0.6 is 0 Å². The zero-order chi connectivity index (χ0) is 11.7. The number of pyridine rings is 1. The van der Waals surface area contributed by atoms with Gasteiger partial charge in [0.1, 0.15) is 11.4 Å². The molecule has 1 aromatic rings. The van der Waals surface area contributed by atoms with Crippen LogP contribution in [-0.4, -0.2) is 22.1 Å². The highest BCUT2D eigenvalue weighted by atomic mass is 16.4. The van der Waals surface area contributed by atoms with Crippen molar-refractivity contribution in [3.63, 3.8) is 0 Å². The molecule has 0 saturated heterocycles. The fraction of sp³-hybridized carbons (Fsp3) is 0.455. The van der Waals surface area contributed by atoms with Gasteiger partial charge in [-0.3, -0.25) is 0 Å². The van der Waals surface area contributed by atoms with E-state index in [1.54, 1.807) is 0 Å². The molecule has 1 fully saturated rings. The quantitative estimate of drug-likeness (QED) is 0.718. The summed E-state index contributed by atoms with van der Waals surface area (Å²) in [6.45, 7) is 2.04. The third-order valence-corrected chi connectivity index (χ3v) is 2.83. The van der Waals surface area contributed by atoms with Gasteiger partial charge in [0.05, 0.1) is 11.9 Å². The molecular formula is C11H15N3O2. The second kappa shape index (κ2) is 4.00. The normalized spacial score (nSPS) is 16.8. The van der Waals surface area contributed by atoms with E-state index in [4.69, 9.17) is 10.8 Å². The molecule has 0 spiro atoms. The standard InChI is InChI=1S/C11H15N3O2/c1-6(7-2-3-7)14-10-9(11(15)16)4-8(12)5-13-10/h4-7H,2-3,12H2,1H3,(H,13,14)(H,15,16). The van der Waals surface area contributed by atoms with Crippen LogP contribution in [0.5, 0.6) is 0 Å². The number of nitrogens with two attached hydrogens (primary N) is 1. The van der Waals surface area contributed by atoms with E-state index in [2.05, 4.69) is 10.3 Å². The Labute approximate surface area is 93.7 Å². The Morgan fingerprint density at radius 3 is 2.94 bits per heavy atom. The largest absolute Gasteiger partial charge is 0.478 e. The van der Waals surface area contributed by atoms with Gasteiger partial charge in [-0.2, -0.15) is 0 Å². The monoisotopic (exact) mass is 221 g/mol. The van der Waals surface area contributed by atoms with Crippen molar-refractivity contribution in [2.75, 3.05) is 11.1 Å². The molecule has 1 aliphatic rings. The van der Waals surface area contributed by atoms with E-state index in [9.17, 15) is 4.79 Å². The van der Waals surface area contributed by atoms with Crippen molar-refractivity contribution >= 4 is 17.5 Å². The van der Waals surface area contributed by atoms with E-state index < -0.39 is 5.97 Å². The Hall–Kier alpha value is -1.78. The van der Waals surface area contributed by atoms with Gasteiger partial charge in [0.2, 0.25) is 0 Å². The number of carboxylic acids is 1. The average Bonchev–Trinajstić information content (AvgIpc) is 3.03. The SMILES string of the molecule is CC(Nc1ncc(N)cc1C(=O)O)C1CC1. The van der Waals surface area contributed by atoms with Crippen LogP contribution < -0.4 is 11.1 Å². The number of rotatable bonds is 4. The van der Waals surface area contributed by atoms with Gasteiger partial charge in [-0.1, -0.05) is 0 Å². The summed E-state index contributed by atoms with van der Waals surface area (Å²) in [5.74, 6) is 0.0346. The van der Waals surface area contributed by atoms with E-state index in [0.717, 1.165) is 0 Å². The van der Waals surface area contributed by atoms with Crippen LogP contribution in [0.4, 0.5) is 11.5 Å². The van der Waals surface area contributed by atoms with Crippen LogP contribution in [0.3, 0.4) is 0 Å². The first-order valence-corrected chi connectivity index (χ1v) is 5.33. The summed E-state index contributed by atoms with van der Waals surface area (Å²) >= 11 is 0. The Morgan fingerprint density at radius 1 is 1.69 bits per heavy atom. The highest BCUT2D eigenvalue weighted by Gasteiger charge is 2.28. The van der Waals surface area contributed by atoms with Gasteiger partial charge in [-0.15, -0.1) is 0 Å². The van der Waals surface area contributed by atoms with Gasteiger partial charge in [-0.05, 0) is 31.7 Å². The van der Waals surface area contributed by atoms with Crippen molar-refractivity contribution in [2.24, 2.45) is 5.92 Å². The number of aromatic nitrogens is 1. The highest BCUT2D eigenvalue weighted by Crippen LogP contribution is 2.34. The molecule has 2 rings (SSSR count). The van der Waals surface area contributed by atoms with E-state index in [-0.39, 0.29) is 11.6 Å². The van der Waals surface area contributed by atoms with E-state index in [1.807, 2.05) is 6.92 Å². The number of carbonyl (C=O) groups is 1. The lowest BCUT2D eigenvalue weighted by Gasteiger charge is -2.15. The second-order valence-electron chi connectivity index (χ2n) is 4.24. The first-order chi connectivity index (χ1) is 7.58. The molecule has 0 bridgehead atoms. The Bertz CT molecular complexity index is 416. The van der Waals surface area contributed by atoms with Gasteiger partial charge >= 0.3 is 5.97 Å². The first-order valence-electron chi connectivity index (χ1n) is 5.33. The summed E-state index contributed by atoms with van der Waals surface area (Å²) in [4.78, 5) is 15.0. The molecule has 4 N–H and O–H groups in total. The molecule has 1 saturated carbocycles. The summed E-state index contributed by atoms with van der Waals surface area (Å²) in [5.41, 5.74) is 6.01. The molecule has 5 heteroatoms. The number of anilines is 2. The molecular weight excluding hydrogens is 206 g/mol. The van der Waals surface area contributed by atoms with Gasteiger partial charge in [-0.25, -0.2) is 9.78 Å². The number of hydrogen-bond acceptors (Lipinski definition) is 4. The van der Waals surface area contributed by atoms with Crippen molar-refractivity contribution in [3.8, 4) is 0 Å². The third-order valence-electron chi connectivity index (χ3n) is 2.83. The van der Waals surface area contributed by atoms with E-state index >= 15 is 0 Å². The van der Waals surface area contributed by atoms with Crippen molar-refractivity contribution in [1.29, 1.82) is 0 Å². The lowest BCUT2D eigenvalue weighted by atomic mass is 10.2. The topological polar surface area (TPSA) is 88.2 Å². The lowest BCUT2D eigenvalue weighted by Crippen LogP contribution is -2.20. The lowest BCUT2D eigenvalue weighted by molar-refractivity contribution is 0.0697. The molecule has 5 nitrogen and oxygen atoms in total. The summed E-state index contributed by atoms with van der Waals surface area (Å²) in [7, 11) is 0. The maximum Gasteiger partial charge on any atom is 0.339 e. The molecule has 86 valence electrons. The summed E-state index contributed by atoms with van der Waals surface area (Å²) < 4.78 is 0. The van der Waals surface area contributed by atoms with Gasteiger partial charge in [0, 0.05) is 6.04 Å². The summed E-state index contributed by atoms with van der Waals surface area (Å²) in [6, 6.07) is 1.69. The second-order valence-corrected chi connectivity index (χ2v) is 4.24. The van der Waals surface area contributed by atoms with Crippen LogP contribution in [0.2, 0.25) is 0 Å². The number of nitrogens with one attached hydrogen (secondary N) is 1. The summed E-state index contributed by atoms with van der Waals surface area (Å²) in [6.07, 6.45) is 3.87. The molecule has 0 amide bonds. The first kappa shape index (κ1) is 10.7. The molecule has 0 aromatic carbocycles. The van der Waals surface area contributed by atoms with Crippen LogP contribution in [0.25, 0.3) is 0 Å². The van der Waals surface area contributed by atoms with Crippen LogP contribution in [-0.2, 0) is 0 Å². The molecule has 0 aliphatic heterocycles. The van der Waals surface area contributed by atoms with Crippen molar-refractivity contribution in [3.05, 3.63) is 17.8 Å². The fourth-order valence-corrected chi connectivity index (χ4v) is 1.69. The molecule has 1 heterocycles. The minimum atomic E-state index is -1.01. The minimum absolute atomic E-state index is 0.132. The van der Waals surface area contributed by atoms with Crippen LogP contribution in [0.15, 0.2) is 12.3 Å². The van der Waals surface area contributed by atoms with Gasteiger partial charge in [0.25, 0.3) is 0 Å². The zero-order valence-corrected chi connectivity index (χ0v) is 9.10. The number of nitrogens with zero attached hydrogens (tertiary/aromatic N) is 1. The summed E-state index contributed by atoms with van der Waals surface area (Å²) in [5, 5.41) is 12.2. The van der Waals surface area contributed by atoms with Crippen LogP contribution in [0.1, 0.15) is 30.1 Å². The van der Waals surface area contributed by atoms with Crippen molar-refractivity contribution < 1.29 is 9.90 Å². The Kier molecular flexibility index (Phi) is 2.68. The number of aromatic carboxylic acids is 1. The third kappa shape index (κ3) is 2.24. The van der Waals surface area contributed by atoms with Gasteiger partial charge in [0.15, 0.2) is 0 Å². The molecule has 0 radical (unpaired) electrons. The van der Waals surface area contributed by atoms with Crippen molar-refractivity contribution in [2.45, 2.75) is 25.8 Å². The minimum Gasteiger partial charge on any atom is -0.478 e. The molecule has 16 heavy (non-hydrogen) atoms. The predicted molar refractivity (Wildman–Crippen MR) is 61.4 cm³/mol. The van der Waals surface area contributed by atoms with Crippen LogP contribution in [0, 0.1) is 5.92 Å². The predicted octanol–water partition coefficient (Wildman–Crippen LogP) is 1.57. The zero-order valence-electron chi connectivity index (χ0n) is 9.10. The van der Waals surface area contributed by atoms with E-state index in [1.165, 1.54) is 25.1 Å². The molecule has 1 aromatic heterocycles. The van der Waals surface area contributed by atoms with Crippen molar-refractivity contribution in [1.82, 2.24) is 4.98 Å². The maximum absolute atomic E-state index is 11.0. The molecule has 1 atom stereocenters. The Morgan fingerprint density at radius 2 is 2.38 bits per heavy atom. The smallest absolute Gasteiger partial charge is 0.339 e. The fourth-order valence-electron chi connectivity index (χ4n) is 1.69. The number of nitrogen functional groups attached to an aromatic ring is 1. The van der Waals surface area contributed by atoms with Gasteiger partial charge < -0.3 is 16.2 Å². The average molecular weight is 221 g/mol. The highest BCUT2D eigenvalue weighted by molar-refractivity contribution is 5.94. The number of hydrogen-bond donors (Lipinski definition) is 3. The Balaban J connectivity index is 2.21. The number of carboxylic acid groups (broad SMARTS) is 1.